The van der Waals surface area contributed by atoms with Crippen molar-refractivity contribution in [3.05, 3.63) is 35.4 Å². The zero-order valence-electron chi connectivity index (χ0n) is 12.9. The normalized spacial score (nSPS) is 20.8. The third-order valence-electron chi connectivity index (χ3n) is 4.68. The Morgan fingerprint density at radius 2 is 1.83 bits per heavy atom. The van der Waals surface area contributed by atoms with Gasteiger partial charge in [-0.3, -0.25) is 14.6 Å². The Labute approximate surface area is 133 Å². The monoisotopic (exact) mass is 317 g/mol. The Hall–Kier alpha value is -2.41. The largest absolute Gasteiger partial charge is 0.478 e. The van der Waals surface area contributed by atoms with Gasteiger partial charge in [0.25, 0.3) is 5.91 Å². The van der Waals surface area contributed by atoms with E-state index in [1.807, 2.05) is 12.1 Å². The lowest BCUT2D eigenvalue weighted by Crippen LogP contribution is -2.54. The summed E-state index contributed by atoms with van der Waals surface area (Å²) < 4.78 is 0. The molecular weight excluding hydrogens is 298 g/mol. The number of amides is 3. The summed E-state index contributed by atoms with van der Waals surface area (Å²) >= 11 is 0. The van der Waals surface area contributed by atoms with Crippen molar-refractivity contribution in [1.82, 2.24) is 15.1 Å². The molecule has 0 bridgehead atoms. The van der Waals surface area contributed by atoms with E-state index in [0.717, 1.165) is 10.5 Å². The molecule has 0 atom stereocenters. The van der Waals surface area contributed by atoms with E-state index in [1.165, 1.54) is 7.05 Å². The first-order valence-electron chi connectivity index (χ1n) is 7.56. The van der Waals surface area contributed by atoms with Crippen molar-refractivity contribution in [1.29, 1.82) is 0 Å². The number of nitrogens with zero attached hydrogens (tertiary/aromatic N) is 2. The average Bonchev–Trinajstić information content (AvgIpc) is 2.75. The topological polar surface area (TPSA) is 90.0 Å². The highest BCUT2D eigenvalue weighted by Crippen LogP contribution is 2.29. The molecule has 0 aliphatic carbocycles. The Bertz CT molecular complexity index is 648. The number of piperidine rings is 1. The van der Waals surface area contributed by atoms with Crippen LogP contribution in [-0.4, -0.2) is 58.5 Å². The third-order valence-corrected chi connectivity index (χ3v) is 4.68. The molecular formula is C16H19N3O4. The fourth-order valence-electron chi connectivity index (χ4n) is 3.20. The number of rotatable bonds is 3. The Balaban J connectivity index is 1.60. The minimum absolute atomic E-state index is 0.145. The number of nitrogens with one attached hydrogen (secondary N) is 1. The van der Waals surface area contributed by atoms with Crippen LogP contribution < -0.4 is 5.32 Å². The number of carboxylic acid groups (broad SMARTS) is 1. The molecule has 7 nitrogen and oxygen atoms in total. The number of hydrogen-bond donors (Lipinski definition) is 2. The molecule has 0 radical (unpaired) electrons. The van der Waals surface area contributed by atoms with Crippen molar-refractivity contribution in [3.63, 3.8) is 0 Å². The number of carboxylic acids is 1. The lowest BCUT2D eigenvalue weighted by Gasteiger charge is -2.37. The van der Waals surface area contributed by atoms with Gasteiger partial charge in [0.15, 0.2) is 0 Å². The molecule has 3 amide bonds. The van der Waals surface area contributed by atoms with Crippen LogP contribution in [0, 0.1) is 0 Å². The second kappa shape index (κ2) is 5.66. The van der Waals surface area contributed by atoms with Crippen LogP contribution in [0.25, 0.3) is 0 Å². The van der Waals surface area contributed by atoms with E-state index in [9.17, 15) is 14.4 Å². The minimum atomic E-state index is -0.934. The first kappa shape index (κ1) is 15.5. The van der Waals surface area contributed by atoms with E-state index in [4.69, 9.17) is 5.11 Å². The van der Waals surface area contributed by atoms with E-state index in [-0.39, 0.29) is 17.5 Å². The van der Waals surface area contributed by atoms with Crippen LogP contribution in [0.2, 0.25) is 0 Å². The number of carbonyl (C=O) groups is 3. The van der Waals surface area contributed by atoms with Gasteiger partial charge in [-0.1, -0.05) is 12.1 Å². The van der Waals surface area contributed by atoms with Crippen LogP contribution in [-0.2, 0) is 11.3 Å². The van der Waals surface area contributed by atoms with E-state index < -0.39 is 11.5 Å². The lowest BCUT2D eigenvalue weighted by molar-refractivity contribution is -0.132. The number of likely N-dealkylation sites (N-methyl/N-ethyl adjacent to an activating group) is 1. The number of aromatic carboxylic acids is 1. The van der Waals surface area contributed by atoms with Crippen molar-refractivity contribution >= 4 is 17.9 Å². The van der Waals surface area contributed by atoms with Gasteiger partial charge in [0.2, 0.25) is 0 Å². The summed E-state index contributed by atoms with van der Waals surface area (Å²) in [5.74, 6) is -1.08. The molecule has 1 aromatic rings. The molecule has 3 rings (SSSR count). The van der Waals surface area contributed by atoms with Crippen LogP contribution in [0.3, 0.4) is 0 Å². The summed E-state index contributed by atoms with van der Waals surface area (Å²) in [4.78, 5) is 38.1. The highest BCUT2D eigenvalue weighted by molar-refractivity contribution is 6.06. The summed E-state index contributed by atoms with van der Waals surface area (Å²) in [6, 6.07) is 6.49. The molecule has 1 aromatic carbocycles. The van der Waals surface area contributed by atoms with Gasteiger partial charge in [-0.15, -0.1) is 0 Å². The SMILES string of the molecule is CN1C(=O)NC2(CCN(Cc3ccc(C(=O)O)cc3)CC2)C1=O. The number of urea groups is 1. The first-order chi connectivity index (χ1) is 10.9. The Morgan fingerprint density at radius 1 is 1.22 bits per heavy atom. The molecule has 2 aliphatic heterocycles. The van der Waals surface area contributed by atoms with Gasteiger partial charge < -0.3 is 10.4 Å². The Morgan fingerprint density at radius 3 is 2.30 bits per heavy atom. The van der Waals surface area contributed by atoms with E-state index in [1.54, 1.807) is 12.1 Å². The molecule has 2 fully saturated rings. The fraction of sp³-hybridized carbons (Fsp3) is 0.438. The van der Waals surface area contributed by atoms with Gasteiger partial charge in [-0.2, -0.15) is 0 Å². The van der Waals surface area contributed by atoms with Gasteiger partial charge in [0.1, 0.15) is 5.54 Å². The fourth-order valence-corrected chi connectivity index (χ4v) is 3.20. The molecule has 2 heterocycles. The standard InChI is InChI=1S/C16H19N3O4/c1-18-14(22)16(17-15(18)23)6-8-19(9-7-16)10-11-2-4-12(5-3-11)13(20)21/h2-5H,6-10H2,1H3,(H,17,23)(H,20,21). The maximum Gasteiger partial charge on any atom is 0.335 e. The molecule has 23 heavy (non-hydrogen) atoms. The van der Waals surface area contributed by atoms with Gasteiger partial charge in [0, 0.05) is 26.7 Å². The summed E-state index contributed by atoms with van der Waals surface area (Å²) in [6.45, 7) is 2.12. The van der Waals surface area contributed by atoms with Crippen LogP contribution in [0.5, 0.6) is 0 Å². The predicted octanol–water partition coefficient (Wildman–Crippen LogP) is 0.901. The number of likely N-dealkylation sites (tertiary alicyclic amines) is 1. The van der Waals surface area contributed by atoms with Crippen molar-refractivity contribution < 1.29 is 19.5 Å². The minimum Gasteiger partial charge on any atom is -0.478 e. The smallest absolute Gasteiger partial charge is 0.335 e. The summed E-state index contributed by atoms with van der Waals surface area (Å²) in [5.41, 5.74) is 0.564. The zero-order valence-corrected chi connectivity index (χ0v) is 12.9. The number of imide groups is 1. The van der Waals surface area contributed by atoms with E-state index in [2.05, 4.69) is 10.2 Å². The molecule has 2 saturated heterocycles. The number of carbonyl (C=O) groups excluding carboxylic acids is 2. The molecule has 0 aromatic heterocycles. The lowest BCUT2D eigenvalue weighted by atomic mass is 9.87. The van der Waals surface area contributed by atoms with Gasteiger partial charge in [-0.25, -0.2) is 9.59 Å². The quantitative estimate of drug-likeness (QED) is 0.809. The highest BCUT2D eigenvalue weighted by Gasteiger charge is 2.50. The summed E-state index contributed by atoms with van der Waals surface area (Å²) in [6.07, 6.45) is 1.18. The second-order valence-corrected chi connectivity index (χ2v) is 6.15. The van der Waals surface area contributed by atoms with Crippen LogP contribution >= 0.6 is 0 Å². The van der Waals surface area contributed by atoms with Crippen molar-refractivity contribution in [2.75, 3.05) is 20.1 Å². The van der Waals surface area contributed by atoms with Crippen molar-refractivity contribution in [2.24, 2.45) is 0 Å². The maximum atomic E-state index is 12.2. The van der Waals surface area contributed by atoms with Gasteiger partial charge in [0.05, 0.1) is 5.56 Å². The van der Waals surface area contributed by atoms with Crippen LogP contribution in [0.1, 0.15) is 28.8 Å². The molecule has 2 aliphatic rings. The first-order valence-corrected chi connectivity index (χ1v) is 7.56. The predicted molar refractivity (Wildman–Crippen MR) is 81.9 cm³/mol. The average molecular weight is 317 g/mol. The second-order valence-electron chi connectivity index (χ2n) is 6.15. The van der Waals surface area contributed by atoms with Crippen LogP contribution in [0.4, 0.5) is 4.79 Å². The highest BCUT2D eigenvalue weighted by atomic mass is 16.4. The molecule has 2 N–H and O–H groups in total. The molecule has 7 heteroatoms. The molecule has 0 unspecified atom stereocenters. The van der Waals surface area contributed by atoms with Gasteiger partial charge in [-0.05, 0) is 30.5 Å². The molecule has 122 valence electrons. The summed E-state index contributed by atoms with van der Waals surface area (Å²) in [7, 11) is 1.50. The molecule has 0 saturated carbocycles. The maximum absolute atomic E-state index is 12.2. The zero-order chi connectivity index (χ0) is 16.6. The number of benzene rings is 1. The Kier molecular flexibility index (Phi) is 3.81. The third kappa shape index (κ3) is 2.79. The number of hydrogen-bond acceptors (Lipinski definition) is 4. The van der Waals surface area contributed by atoms with E-state index in [0.29, 0.717) is 32.5 Å². The van der Waals surface area contributed by atoms with Crippen molar-refractivity contribution in [2.45, 2.75) is 24.9 Å². The molecule has 1 spiro atoms. The van der Waals surface area contributed by atoms with Crippen molar-refractivity contribution in [3.8, 4) is 0 Å². The van der Waals surface area contributed by atoms with Gasteiger partial charge >= 0.3 is 12.0 Å². The summed E-state index contributed by atoms with van der Waals surface area (Å²) in [5, 5.41) is 11.7. The van der Waals surface area contributed by atoms with E-state index >= 15 is 0 Å². The van der Waals surface area contributed by atoms with Crippen LogP contribution in [0.15, 0.2) is 24.3 Å².